The molecule has 1 atom stereocenters. The van der Waals surface area contributed by atoms with Gasteiger partial charge < -0.3 is 15.5 Å². The van der Waals surface area contributed by atoms with Crippen molar-refractivity contribution >= 4 is 11.6 Å². The fourth-order valence-corrected chi connectivity index (χ4v) is 1.99. The van der Waals surface area contributed by atoms with Crippen LogP contribution in [0.4, 0.5) is 5.69 Å². The molecular formula is C15H18N2O2. The van der Waals surface area contributed by atoms with Crippen molar-refractivity contribution in [2.75, 3.05) is 5.32 Å². The molecule has 2 rings (SSSR count). The normalized spacial score (nSPS) is 12.1. The summed E-state index contributed by atoms with van der Waals surface area (Å²) in [4.78, 5) is 10.8. The zero-order chi connectivity index (χ0) is 13.7. The molecule has 100 valence electrons. The van der Waals surface area contributed by atoms with Crippen LogP contribution >= 0.6 is 0 Å². The Bertz CT molecular complexity index is 518. The zero-order valence-electron chi connectivity index (χ0n) is 10.9. The number of nitrogens with one attached hydrogen (secondary N) is 1. The SMILES string of the molecule is CC(Cc1ccco1)Nc1ccc(CC(N)=O)cc1. The highest BCUT2D eigenvalue weighted by Gasteiger charge is 2.06. The van der Waals surface area contributed by atoms with Crippen molar-refractivity contribution in [1.82, 2.24) is 0 Å². The molecule has 1 aromatic heterocycles. The fraction of sp³-hybridized carbons (Fsp3) is 0.267. The molecule has 4 nitrogen and oxygen atoms in total. The number of nitrogens with two attached hydrogens (primary N) is 1. The molecule has 4 heteroatoms. The van der Waals surface area contributed by atoms with Crippen LogP contribution in [0.1, 0.15) is 18.2 Å². The Labute approximate surface area is 112 Å². The molecule has 2 aromatic rings. The Morgan fingerprint density at radius 2 is 2.05 bits per heavy atom. The molecule has 1 heterocycles. The molecule has 19 heavy (non-hydrogen) atoms. The lowest BCUT2D eigenvalue weighted by Crippen LogP contribution is -2.18. The Balaban J connectivity index is 1.90. The molecule has 0 radical (unpaired) electrons. The summed E-state index contributed by atoms with van der Waals surface area (Å²) in [5, 5.41) is 3.38. The van der Waals surface area contributed by atoms with E-state index in [-0.39, 0.29) is 18.4 Å². The van der Waals surface area contributed by atoms with Gasteiger partial charge in [-0.15, -0.1) is 0 Å². The first-order chi connectivity index (χ1) is 9.13. The number of anilines is 1. The maximum absolute atomic E-state index is 10.8. The second kappa shape index (κ2) is 6.09. The lowest BCUT2D eigenvalue weighted by Gasteiger charge is -2.14. The van der Waals surface area contributed by atoms with Crippen LogP contribution < -0.4 is 11.1 Å². The Morgan fingerprint density at radius 1 is 1.32 bits per heavy atom. The number of amides is 1. The van der Waals surface area contributed by atoms with Crippen molar-refractivity contribution in [2.45, 2.75) is 25.8 Å². The summed E-state index contributed by atoms with van der Waals surface area (Å²) in [7, 11) is 0. The summed E-state index contributed by atoms with van der Waals surface area (Å²) in [5.74, 6) is 0.650. The second-order valence-corrected chi connectivity index (χ2v) is 4.67. The van der Waals surface area contributed by atoms with Gasteiger partial charge in [-0.1, -0.05) is 12.1 Å². The van der Waals surface area contributed by atoms with Gasteiger partial charge in [0.25, 0.3) is 0 Å². The van der Waals surface area contributed by atoms with Gasteiger partial charge in [0.05, 0.1) is 12.7 Å². The van der Waals surface area contributed by atoms with Gasteiger partial charge in [-0.25, -0.2) is 0 Å². The topological polar surface area (TPSA) is 68.3 Å². The van der Waals surface area contributed by atoms with E-state index in [1.54, 1.807) is 6.26 Å². The number of hydrogen-bond acceptors (Lipinski definition) is 3. The van der Waals surface area contributed by atoms with E-state index < -0.39 is 0 Å². The molecule has 3 N–H and O–H groups in total. The molecule has 1 unspecified atom stereocenters. The summed E-state index contributed by atoms with van der Waals surface area (Å²) in [6.07, 6.45) is 2.79. The van der Waals surface area contributed by atoms with Crippen molar-refractivity contribution in [3.05, 3.63) is 54.0 Å². The van der Waals surface area contributed by atoms with Crippen LogP contribution in [0.5, 0.6) is 0 Å². The smallest absolute Gasteiger partial charge is 0.221 e. The van der Waals surface area contributed by atoms with Crippen molar-refractivity contribution in [3.8, 4) is 0 Å². The highest BCUT2D eigenvalue weighted by molar-refractivity contribution is 5.76. The number of carbonyl (C=O) groups excluding carboxylic acids is 1. The minimum atomic E-state index is -0.313. The van der Waals surface area contributed by atoms with Gasteiger partial charge in [0.2, 0.25) is 5.91 Å². The largest absolute Gasteiger partial charge is 0.469 e. The van der Waals surface area contributed by atoms with Gasteiger partial charge in [-0.05, 0) is 36.8 Å². The number of benzene rings is 1. The van der Waals surface area contributed by atoms with Crippen molar-refractivity contribution in [2.24, 2.45) is 5.73 Å². The lowest BCUT2D eigenvalue weighted by atomic mass is 10.1. The number of rotatable bonds is 6. The number of primary amides is 1. The molecular weight excluding hydrogens is 240 g/mol. The molecule has 0 aliphatic rings. The zero-order valence-corrected chi connectivity index (χ0v) is 10.9. The minimum absolute atomic E-state index is 0.271. The monoisotopic (exact) mass is 258 g/mol. The van der Waals surface area contributed by atoms with E-state index in [1.165, 1.54) is 0 Å². The van der Waals surface area contributed by atoms with Crippen LogP contribution in [-0.4, -0.2) is 11.9 Å². The van der Waals surface area contributed by atoms with Gasteiger partial charge in [0, 0.05) is 18.2 Å². The highest BCUT2D eigenvalue weighted by Crippen LogP contribution is 2.13. The Morgan fingerprint density at radius 3 is 2.63 bits per heavy atom. The van der Waals surface area contributed by atoms with E-state index in [9.17, 15) is 4.79 Å². The summed E-state index contributed by atoms with van der Waals surface area (Å²) in [6.45, 7) is 2.10. The van der Waals surface area contributed by atoms with Gasteiger partial charge in [0.1, 0.15) is 5.76 Å². The summed E-state index contributed by atoms with van der Waals surface area (Å²) in [5.41, 5.74) is 7.10. The van der Waals surface area contributed by atoms with Crippen LogP contribution in [0.3, 0.4) is 0 Å². The lowest BCUT2D eigenvalue weighted by molar-refractivity contribution is -0.117. The standard InChI is InChI=1S/C15H18N2O2/c1-11(9-14-3-2-8-19-14)17-13-6-4-12(5-7-13)10-15(16)18/h2-8,11,17H,9-10H2,1H3,(H2,16,18). The summed E-state index contributed by atoms with van der Waals surface area (Å²) < 4.78 is 5.31. The third-order valence-electron chi connectivity index (χ3n) is 2.83. The van der Waals surface area contributed by atoms with Crippen molar-refractivity contribution in [3.63, 3.8) is 0 Å². The van der Waals surface area contributed by atoms with E-state index in [0.717, 1.165) is 23.4 Å². The molecule has 0 bridgehead atoms. The van der Waals surface area contributed by atoms with Crippen LogP contribution in [0.2, 0.25) is 0 Å². The quantitative estimate of drug-likeness (QED) is 0.835. The minimum Gasteiger partial charge on any atom is -0.469 e. The van der Waals surface area contributed by atoms with Crippen LogP contribution in [0, 0.1) is 0 Å². The molecule has 0 fully saturated rings. The van der Waals surface area contributed by atoms with Gasteiger partial charge in [-0.2, -0.15) is 0 Å². The average Bonchev–Trinajstić information content (AvgIpc) is 2.83. The first-order valence-electron chi connectivity index (χ1n) is 6.29. The maximum Gasteiger partial charge on any atom is 0.221 e. The average molecular weight is 258 g/mol. The number of furan rings is 1. The predicted octanol–water partition coefficient (Wildman–Crippen LogP) is 2.35. The third-order valence-corrected chi connectivity index (χ3v) is 2.83. The predicted molar refractivity (Wildman–Crippen MR) is 74.8 cm³/mol. The van der Waals surface area contributed by atoms with E-state index in [1.807, 2.05) is 36.4 Å². The van der Waals surface area contributed by atoms with E-state index in [0.29, 0.717) is 0 Å². The third kappa shape index (κ3) is 4.17. The maximum atomic E-state index is 10.8. The molecule has 0 saturated carbocycles. The van der Waals surface area contributed by atoms with E-state index in [2.05, 4.69) is 12.2 Å². The van der Waals surface area contributed by atoms with E-state index >= 15 is 0 Å². The molecule has 0 spiro atoms. The second-order valence-electron chi connectivity index (χ2n) is 4.67. The van der Waals surface area contributed by atoms with Gasteiger partial charge in [-0.3, -0.25) is 4.79 Å². The Kier molecular flexibility index (Phi) is 4.23. The molecule has 0 aliphatic carbocycles. The van der Waals surface area contributed by atoms with Gasteiger partial charge >= 0.3 is 0 Å². The Hall–Kier alpha value is -2.23. The molecule has 0 saturated heterocycles. The van der Waals surface area contributed by atoms with Crippen LogP contribution in [0.15, 0.2) is 47.1 Å². The number of hydrogen-bond donors (Lipinski definition) is 2. The highest BCUT2D eigenvalue weighted by atomic mass is 16.3. The van der Waals surface area contributed by atoms with Gasteiger partial charge in [0.15, 0.2) is 0 Å². The number of carbonyl (C=O) groups is 1. The first-order valence-corrected chi connectivity index (χ1v) is 6.29. The van der Waals surface area contributed by atoms with Crippen LogP contribution in [0.25, 0.3) is 0 Å². The molecule has 1 aromatic carbocycles. The van der Waals surface area contributed by atoms with Crippen molar-refractivity contribution in [1.29, 1.82) is 0 Å². The summed E-state index contributed by atoms with van der Waals surface area (Å²) >= 11 is 0. The summed E-state index contributed by atoms with van der Waals surface area (Å²) in [6, 6.07) is 11.9. The molecule has 1 amide bonds. The molecule has 0 aliphatic heterocycles. The van der Waals surface area contributed by atoms with E-state index in [4.69, 9.17) is 10.2 Å². The van der Waals surface area contributed by atoms with Crippen LogP contribution in [-0.2, 0) is 17.6 Å². The van der Waals surface area contributed by atoms with Crippen molar-refractivity contribution < 1.29 is 9.21 Å². The first kappa shape index (κ1) is 13.2. The fourth-order valence-electron chi connectivity index (χ4n) is 1.99.